The minimum atomic E-state index is -0.165. The highest BCUT2D eigenvalue weighted by molar-refractivity contribution is 7.13. The lowest BCUT2D eigenvalue weighted by atomic mass is 10.0. The van der Waals surface area contributed by atoms with Gasteiger partial charge in [0.15, 0.2) is 5.13 Å². The molecule has 7 heteroatoms. The van der Waals surface area contributed by atoms with Gasteiger partial charge >= 0.3 is 0 Å². The third-order valence-electron chi connectivity index (χ3n) is 3.91. The molecule has 2 heterocycles. The number of nitrogens with one attached hydrogen (secondary N) is 1. The van der Waals surface area contributed by atoms with Crippen molar-refractivity contribution in [2.45, 2.75) is 25.4 Å². The van der Waals surface area contributed by atoms with Crippen molar-refractivity contribution in [2.75, 3.05) is 18.8 Å². The molecule has 1 unspecified atom stereocenters. The molecular weight excluding hydrogens is 312 g/mol. The number of phenols is 1. The number of carbonyl (C=O) groups excluding carboxylic acids is 1. The van der Waals surface area contributed by atoms with Crippen LogP contribution >= 0.6 is 11.3 Å². The third kappa shape index (κ3) is 4.20. The number of hydrogen-bond donors (Lipinski definition) is 3. The van der Waals surface area contributed by atoms with Gasteiger partial charge in [-0.2, -0.15) is 0 Å². The van der Waals surface area contributed by atoms with Crippen LogP contribution in [0.4, 0.5) is 5.13 Å². The summed E-state index contributed by atoms with van der Waals surface area (Å²) in [5.41, 5.74) is 7.03. The molecule has 0 bridgehead atoms. The van der Waals surface area contributed by atoms with E-state index in [9.17, 15) is 9.90 Å². The number of likely N-dealkylation sites (tertiary alicyclic amines) is 1. The van der Waals surface area contributed by atoms with Crippen molar-refractivity contribution in [1.29, 1.82) is 0 Å². The molecule has 0 spiro atoms. The molecule has 0 aliphatic carbocycles. The number of nitrogens with two attached hydrogens (primary N) is 1. The molecule has 1 aromatic carbocycles. The summed E-state index contributed by atoms with van der Waals surface area (Å²) in [4.78, 5) is 18.5. The van der Waals surface area contributed by atoms with E-state index in [0.717, 1.165) is 38.0 Å². The van der Waals surface area contributed by atoms with Crippen molar-refractivity contribution in [2.24, 2.45) is 0 Å². The average molecular weight is 332 g/mol. The quantitative estimate of drug-likeness (QED) is 0.794. The molecule has 1 aliphatic heterocycles. The van der Waals surface area contributed by atoms with Crippen molar-refractivity contribution in [1.82, 2.24) is 15.2 Å². The van der Waals surface area contributed by atoms with Crippen LogP contribution in [0.1, 0.15) is 28.9 Å². The van der Waals surface area contributed by atoms with Gasteiger partial charge in [0.2, 0.25) is 0 Å². The van der Waals surface area contributed by atoms with E-state index in [2.05, 4.69) is 15.2 Å². The second-order valence-electron chi connectivity index (χ2n) is 5.79. The van der Waals surface area contributed by atoms with Crippen LogP contribution in [0.25, 0.3) is 0 Å². The van der Waals surface area contributed by atoms with E-state index in [1.54, 1.807) is 17.5 Å². The number of hydrogen-bond acceptors (Lipinski definition) is 6. The number of nitrogen functional groups attached to an aromatic ring is 1. The Kier molecular flexibility index (Phi) is 4.78. The molecule has 1 aromatic heterocycles. The largest absolute Gasteiger partial charge is 0.508 e. The van der Waals surface area contributed by atoms with Crippen molar-refractivity contribution < 1.29 is 9.90 Å². The second-order valence-corrected chi connectivity index (χ2v) is 6.68. The van der Waals surface area contributed by atoms with E-state index in [1.165, 1.54) is 11.3 Å². The van der Waals surface area contributed by atoms with Gasteiger partial charge in [0.1, 0.15) is 11.4 Å². The Bertz CT molecular complexity index is 688. The van der Waals surface area contributed by atoms with Crippen molar-refractivity contribution >= 4 is 22.4 Å². The number of benzene rings is 1. The van der Waals surface area contributed by atoms with Crippen LogP contribution in [0.15, 0.2) is 29.6 Å². The molecule has 4 N–H and O–H groups in total. The summed E-state index contributed by atoms with van der Waals surface area (Å²) in [5.74, 6) is 0.118. The van der Waals surface area contributed by atoms with Crippen LogP contribution in [0, 0.1) is 0 Å². The highest BCUT2D eigenvalue weighted by Crippen LogP contribution is 2.17. The molecule has 1 aliphatic rings. The molecule has 23 heavy (non-hydrogen) atoms. The van der Waals surface area contributed by atoms with E-state index < -0.39 is 0 Å². The smallest absolute Gasteiger partial charge is 0.271 e. The van der Waals surface area contributed by atoms with Crippen molar-refractivity contribution in [3.05, 3.63) is 40.9 Å². The zero-order chi connectivity index (χ0) is 16.2. The highest BCUT2D eigenvalue weighted by atomic mass is 32.1. The first-order valence-electron chi connectivity index (χ1n) is 7.62. The normalized spacial score (nSPS) is 18.7. The molecule has 0 saturated carbocycles. The molecular formula is C16H20N4O2S. The first-order valence-corrected chi connectivity index (χ1v) is 8.50. The van der Waals surface area contributed by atoms with Gasteiger partial charge in [0, 0.05) is 24.5 Å². The second kappa shape index (κ2) is 6.97. The summed E-state index contributed by atoms with van der Waals surface area (Å²) in [6, 6.07) is 7.40. The Labute approximate surface area is 139 Å². The SMILES string of the molecule is Nc1nc(C(=O)NC2CCCN(Cc3cccc(O)c3)C2)cs1. The molecule has 122 valence electrons. The summed E-state index contributed by atoms with van der Waals surface area (Å²) >= 11 is 1.27. The maximum absolute atomic E-state index is 12.2. The average Bonchev–Trinajstić information content (AvgIpc) is 2.94. The minimum Gasteiger partial charge on any atom is -0.508 e. The number of thiazole rings is 1. The summed E-state index contributed by atoms with van der Waals surface area (Å²) in [7, 11) is 0. The fourth-order valence-corrected chi connectivity index (χ4v) is 3.42. The molecule has 1 atom stereocenters. The zero-order valence-electron chi connectivity index (χ0n) is 12.7. The van der Waals surface area contributed by atoms with Gasteiger partial charge in [-0.15, -0.1) is 11.3 Å². The topological polar surface area (TPSA) is 91.5 Å². The number of carbonyl (C=O) groups is 1. The van der Waals surface area contributed by atoms with Gasteiger partial charge in [0.25, 0.3) is 5.91 Å². The van der Waals surface area contributed by atoms with Gasteiger partial charge in [-0.1, -0.05) is 12.1 Å². The van der Waals surface area contributed by atoms with Crippen molar-refractivity contribution in [3.8, 4) is 5.75 Å². The standard InChI is InChI=1S/C16H20N4O2S/c17-16-19-14(10-23-16)15(22)18-12-4-2-6-20(9-12)8-11-3-1-5-13(21)7-11/h1,3,5,7,10,12,21H,2,4,6,8-9H2,(H2,17,19)(H,18,22). The number of aromatic nitrogens is 1. The highest BCUT2D eigenvalue weighted by Gasteiger charge is 2.22. The van der Waals surface area contributed by atoms with Crippen LogP contribution in [-0.4, -0.2) is 40.0 Å². The first kappa shape index (κ1) is 15.8. The Morgan fingerprint density at radius 3 is 3.13 bits per heavy atom. The molecule has 1 saturated heterocycles. The van der Waals surface area contributed by atoms with Gasteiger partial charge < -0.3 is 16.2 Å². The minimum absolute atomic E-state index is 0.108. The molecule has 3 rings (SSSR count). The van der Waals surface area contributed by atoms with E-state index in [-0.39, 0.29) is 17.7 Å². The molecule has 0 radical (unpaired) electrons. The fourth-order valence-electron chi connectivity index (χ4n) is 2.88. The lowest BCUT2D eigenvalue weighted by Gasteiger charge is -2.33. The number of rotatable bonds is 4. The number of anilines is 1. The lowest BCUT2D eigenvalue weighted by Crippen LogP contribution is -2.47. The number of aromatic hydroxyl groups is 1. The Morgan fingerprint density at radius 2 is 2.39 bits per heavy atom. The summed E-state index contributed by atoms with van der Waals surface area (Å²) in [6.07, 6.45) is 1.99. The van der Waals surface area contributed by atoms with Crippen LogP contribution < -0.4 is 11.1 Å². The molecule has 1 fully saturated rings. The maximum Gasteiger partial charge on any atom is 0.271 e. The lowest BCUT2D eigenvalue weighted by molar-refractivity contribution is 0.0896. The maximum atomic E-state index is 12.2. The van der Waals surface area contributed by atoms with Crippen molar-refractivity contribution in [3.63, 3.8) is 0 Å². The number of phenolic OH excluding ortho intramolecular Hbond substituents is 1. The van der Waals surface area contributed by atoms with Gasteiger partial charge in [0.05, 0.1) is 0 Å². The summed E-state index contributed by atoms with van der Waals surface area (Å²) in [6.45, 7) is 2.55. The van der Waals surface area contributed by atoms with E-state index >= 15 is 0 Å². The summed E-state index contributed by atoms with van der Waals surface area (Å²) < 4.78 is 0. The fraction of sp³-hybridized carbons (Fsp3) is 0.375. The number of piperidine rings is 1. The van der Waals surface area contributed by atoms with Gasteiger partial charge in [-0.05, 0) is 37.1 Å². The van der Waals surface area contributed by atoms with Crippen LogP contribution in [0.2, 0.25) is 0 Å². The zero-order valence-corrected chi connectivity index (χ0v) is 13.6. The monoisotopic (exact) mass is 332 g/mol. The van der Waals surface area contributed by atoms with E-state index in [1.807, 2.05) is 12.1 Å². The van der Waals surface area contributed by atoms with Crippen LogP contribution in [0.5, 0.6) is 5.75 Å². The third-order valence-corrected chi connectivity index (χ3v) is 4.59. The molecule has 6 nitrogen and oxygen atoms in total. The van der Waals surface area contributed by atoms with Gasteiger partial charge in [-0.25, -0.2) is 4.98 Å². The Balaban J connectivity index is 1.56. The Hall–Kier alpha value is -2.12. The van der Waals surface area contributed by atoms with Crippen LogP contribution in [-0.2, 0) is 6.54 Å². The predicted octanol–water partition coefficient (Wildman–Crippen LogP) is 1.83. The van der Waals surface area contributed by atoms with Gasteiger partial charge in [-0.3, -0.25) is 9.69 Å². The van der Waals surface area contributed by atoms with Crippen LogP contribution in [0.3, 0.4) is 0 Å². The van der Waals surface area contributed by atoms with E-state index in [4.69, 9.17) is 5.73 Å². The number of amides is 1. The Morgan fingerprint density at radius 1 is 1.52 bits per heavy atom. The molecule has 1 amide bonds. The first-order chi connectivity index (χ1) is 11.1. The number of nitrogens with zero attached hydrogens (tertiary/aromatic N) is 2. The van der Waals surface area contributed by atoms with E-state index in [0.29, 0.717) is 10.8 Å². The predicted molar refractivity (Wildman–Crippen MR) is 90.4 cm³/mol. The summed E-state index contributed by atoms with van der Waals surface area (Å²) in [5, 5.41) is 14.7. The molecule has 2 aromatic rings.